The van der Waals surface area contributed by atoms with Crippen LogP contribution in [0, 0.1) is 20.8 Å². The first-order chi connectivity index (χ1) is 12.9. The summed E-state index contributed by atoms with van der Waals surface area (Å²) >= 11 is 6.20. The van der Waals surface area contributed by atoms with Crippen LogP contribution in [0.1, 0.15) is 45.5 Å². The van der Waals surface area contributed by atoms with E-state index in [4.69, 9.17) is 11.6 Å². The number of rotatable bonds is 6. The van der Waals surface area contributed by atoms with Crippen LogP contribution >= 0.6 is 11.6 Å². The number of amides is 1. The van der Waals surface area contributed by atoms with Gasteiger partial charge in [-0.3, -0.25) is 14.2 Å². The third-order valence-corrected chi connectivity index (χ3v) is 5.33. The highest BCUT2D eigenvalue weighted by atomic mass is 35.5. The van der Waals surface area contributed by atoms with Gasteiger partial charge in [-0.2, -0.15) is 10.2 Å². The van der Waals surface area contributed by atoms with Crippen molar-refractivity contribution in [2.75, 3.05) is 0 Å². The summed E-state index contributed by atoms with van der Waals surface area (Å²) in [4.78, 5) is 12.4. The van der Waals surface area contributed by atoms with Crippen LogP contribution in [-0.2, 0) is 19.6 Å². The summed E-state index contributed by atoms with van der Waals surface area (Å²) in [6, 6.07) is 7.56. The van der Waals surface area contributed by atoms with Crippen LogP contribution in [0.3, 0.4) is 0 Å². The first-order valence-electron chi connectivity index (χ1n) is 8.98. The number of hydrogen-bond acceptors (Lipinski definition) is 3. The Balaban J connectivity index is 1.63. The van der Waals surface area contributed by atoms with Gasteiger partial charge in [-0.05, 0) is 45.4 Å². The fraction of sp³-hybridized carbons (Fsp3) is 0.350. The van der Waals surface area contributed by atoms with Crippen LogP contribution in [0.15, 0.2) is 30.5 Å². The topological polar surface area (TPSA) is 64.7 Å². The van der Waals surface area contributed by atoms with E-state index in [2.05, 4.69) is 15.5 Å². The average Bonchev–Trinajstić information content (AvgIpc) is 3.14. The fourth-order valence-corrected chi connectivity index (χ4v) is 3.15. The minimum absolute atomic E-state index is 0.0978. The van der Waals surface area contributed by atoms with Crippen molar-refractivity contribution in [3.8, 4) is 0 Å². The highest BCUT2D eigenvalue weighted by Crippen LogP contribution is 2.20. The van der Waals surface area contributed by atoms with Crippen molar-refractivity contribution in [3.05, 3.63) is 69.3 Å². The molecule has 7 heteroatoms. The summed E-state index contributed by atoms with van der Waals surface area (Å²) in [6.07, 6.45) is 1.81. The Morgan fingerprint density at radius 3 is 2.37 bits per heavy atom. The molecular weight excluding hydrogens is 362 g/mol. The van der Waals surface area contributed by atoms with E-state index in [-0.39, 0.29) is 5.91 Å². The lowest BCUT2D eigenvalue weighted by Gasteiger charge is -2.08. The number of nitrogens with one attached hydrogen (secondary N) is 1. The van der Waals surface area contributed by atoms with Crippen molar-refractivity contribution in [2.24, 2.45) is 0 Å². The second-order valence-corrected chi connectivity index (χ2v) is 6.97. The molecule has 1 aromatic carbocycles. The molecule has 0 aliphatic heterocycles. The molecule has 0 bridgehead atoms. The van der Waals surface area contributed by atoms with Crippen molar-refractivity contribution >= 4 is 17.5 Å². The molecule has 0 aliphatic rings. The van der Waals surface area contributed by atoms with Crippen molar-refractivity contribution in [1.29, 1.82) is 0 Å². The molecule has 0 aliphatic carbocycles. The third-order valence-electron chi connectivity index (χ3n) is 4.79. The van der Waals surface area contributed by atoms with Crippen molar-refractivity contribution < 1.29 is 4.79 Å². The van der Waals surface area contributed by atoms with Crippen molar-refractivity contribution in [2.45, 2.75) is 47.3 Å². The van der Waals surface area contributed by atoms with E-state index in [1.165, 1.54) is 0 Å². The van der Waals surface area contributed by atoms with E-state index >= 15 is 0 Å². The van der Waals surface area contributed by atoms with E-state index in [0.29, 0.717) is 23.7 Å². The molecule has 3 aromatic rings. The monoisotopic (exact) mass is 385 g/mol. The second-order valence-electron chi connectivity index (χ2n) is 6.59. The number of hydrogen-bond donors (Lipinski definition) is 1. The standard InChI is InChI=1S/C20H24ClN5O/c1-5-25-14(3)18(11-23-25)10-22-20(27)17-8-6-16(7-9-17)12-26-15(4)19(21)13(2)24-26/h6-9,11H,5,10,12H2,1-4H3,(H,22,27). The molecule has 0 radical (unpaired) electrons. The van der Waals surface area contributed by atoms with Crippen LogP contribution in [0.4, 0.5) is 0 Å². The zero-order valence-electron chi connectivity index (χ0n) is 16.1. The van der Waals surface area contributed by atoms with E-state index in [1.54, 1.807) is 0 Å². The molecule has 1 N–H and O–H groups in total. The first kappa shape index (κ1) is 19.2. The molecule has 0 atom stereocenters. The third kappa shape index (κ3) is 4.06. The second kappa shape index (κ2) is 7.96. The molecule has 0 unspecified atom stereocenters. The maximum atomic E-state index is 12.4. The Kier molecular flexibility index (Phi) is 5.65. The van der Waals surface area contributed by atoms with Gasteiger partial charge in [-0.15, -0.1) is 0 Å². The van der Waals surface area contributed by atoms with Crippen LogP contribution in [0.25, 0.3) is 0 Å². The van der Waals surface area contributed by atoms with Gasteiger partial charge in [0.1, 0.15) is 0 Å². The van der Waals surface area contributed by atoms with E-state index in [9.17, 15) is 4.79 Å². The van der Waals surface area contributed by atoms with Crippen molar-refractivity contribution in [3.63, 3.8) is 0 Å². The molecule has 0 fully saturated rings. The zero-order valence-corrected chi connectivity index (χ0v) is 16.8. The summed E-state index contributed by atoms with van der Waals surface area (Å²) in [5, 5.41) is 12.4. The Morgan fingerprint density at radius 2 is 1.81 bits per heavy atom. The molecule has 0 spiro atoms. The van der Waals surface area contributed by atoms with E-state index in [1.807, 2.05) is 67.5 Å². The summed E-state index contributed by atoms with van der Waals surface area (Å²) in [5.41, 5.74) is 5.57. The van der Waals surface area contributed by atoms with Gasteiger partial charge in [-0.25, -0.2) is 0 Å². The normalized spacial score (nSPS) is 11.0. The lowest BCUT2D eigenvalue weighted by Crippen LogP contribution is -2.23. The van der Waals surface area contributed by atoms with Gasteiger partial charge in [0, 0.05) is 29.9 Å². The van der Waals surface area contributed by atoms with E-state index in [0.717, 1.165) is 34.8 Å². The maximum Gasteiger partial charge on any atom is 0.251 e. The maximum absolute atomic E-state index is 12.4. The largest absolute Gasteiger partial charge is 0.348 e. The first-order valence-corrected chi connectivity index (χ1v) is 9.36. The molecule has 6 nitrogen and oxygen atoms in total. The molecule has 1 amide bonds. The Labute approximate surface area is 164 Å². The Bertz CT molecular complexity index is 956. The zero-order chi connectivity index (χ0) is 19.6. The molecule has 142 valence electrons. The molecule has 3 rings (SSSR count). The molecular formula is C20H24ClN5O. The Morgan fingerprint density at radius 1 is 1.11 bits per heavy atom. The minimum Gasteiger partial charge on any atom is -0.348 e. The quantitative estimate of drug-likeness (QED) is 0.704. The number of halogens is 1. The molecule has 2 aromatic heterocycles. The van der Waals surface area contributed by atoms with Gasteiger partial charge < -0.3 is 5.32 Å². The van der Waals surface area contributed by atoms with Crippen LogP contribution in [0.5, 0.6) is 0 Å². The number of carbonyl (C=O) groups is 1. The Hall–Kier alpha value is -2.60. The SMILES string of the molecule is CCn1ncc(CNC(=O)c2ccc(Cn3nc(C)c(Cl)c3C)cc2)c1C. The van der Waals surface area contributed by atoms with Crippen LogP contribution in [-0.4, -0.2) is 25.5 Å². The predicted octanol–water partition coefficient (Wildman–Crippen LogP) is 3.66. The van der Waals surface area contributed by atoms with Gasteiger partial charge in [-0.1, -0.05) is 23.7 Å². The number of nitrogens with zero attached hydrogens (tertiary/aromatic N) is 4. The predicted molar refractivity (Wildman–Crippen MR) is 106 cm³/mol. The number of aromatic nitrogens is 4. The van der Waals surface area contributed by atoms with Crippen LogP contribution in [0.2, 0.25) is 5.02 Å². The van der Waals surface area contributed by atoms with Gasteiger partial charge in [0.05, 0.1) is 29.2 Å². The highest BCUT2D eigenvalue weighted by molar-refractivity contribution is 6.31. The van der Waals surface area contributed by atoms with Gasteiger partial charge in [0.25, 0.3) is 5.91 Å². The van der Waals surface area contributed by atoms with Gasteiger partial charge in [0.15, 0.2) is 0 Å². The summed E-state index contributed by atoms with van der Waals surface area (Å²) in [7, 11) is 0. The van der Waals surface area contributed by atoms with Gasteiger partial charge in [0.2, 0.25) is 0 Å². The number of carbonyl (C=O) groups excluding carboxylic acids is 1. The molecule has 2 heterocycles. The average molecular weight is 386 g/mol. The lowest BCUT2D eigenvalue weighted by molar-refractivity contribution is 0.0951. The smallest absolute Gasteiger partial charge is 0.251 e. The molecule has 0 saturated heterocycles. The summed E-state index contributed by atoms with van der Waals surface area (Å²) < 4.78 is 3.79. The number of aryl methyl sites for hydroxylation is 2. The molecule has 27 heavy (non-hydrogen) atoms. The minimum atomic E-state index is -0.0978. The summed E-state index contributed by atoms with van der Waals surface area (Å²) in [6.45, 7) is 9.81. The van der Waals surface area contributed by atoms with Crippen molar-refractivity contribution in [1.82, 2.24) is 24.9 Å². The lowest BCUT2D eigenvalue weighted by atomic mass is 10.1. The van der Waals surface area contributed by atoms with Gasteiger partial charge >= 0.3 is 0 Å². The van der Waals surface area contributed by atoms with Crippen LogP contribution < -0.4 is 5.32 Å². The summed E-state index contributed by atoms with van der Waals surface area (Å²) in [5.74, 6) is -0.0978. The number of benzene rings is 1. The van der Waals surface area contributed by atoms with E-state index < -0.39 is 0 Å². The molecule has 0 saturated carbocycles. The fourth-order valence-electron chi connectivity index (χ4n) is 3.02. The highest BCUT2D eigenvalue weighted by Gasteiger charge is 2.11.